The Labute approximate surface area is 230 Å². The van der Waals surface area contributed by atoms with E-state index in [-0.39, 0.29) is 31.3 Å². The van der Waals surface area contributed by atoms with Gasteiger partial charge in [-0.2, -0.15) is 0 Å². The van der Waals surface area contributed by atoms with Crippen LogP contribution in [-0.2, 0) is 32.6 Å². The molecule has 38 heavy (non-hydrogen) atoms. The van der Waals surface area contributed by atoms with E-state index >= 15 is 0 Å². The topological polar surface area (TPSA) is 86.8 Å². The Hall–Kier alpha value is -3.36. The lowest BCUT2D eigenvalue weighted by Gasteiger charge is -2.31. The van der Waals surface area contributed by atoms with Crippen LogP contribution in [0.1, 0.15) is 29.5 Å². The van der Waals surface area contributed by atoms with Gasteiger partial charge in [0.05, 0.1) is 11.9 Å². The van der Waals surface area contributed by atoms with Crippen LogP contribution in [0, 0.1) is 6.92 Å². The molecule has 0 bridgehead atoms. The van der Waals surface area contributed by atoms with E-state index in [2.05, 4.69) is 5.32 Å². The second kappa shape index (κ2) is 13.4. The first-order valence-electron chi connectivity index (χ1n) is 12.4. The second-order valence-corrected chi connectivity index (χ2v) is 11.6. The zero-order valence-electron chi connectivity index (χ0n) is 21.9. The molecule has 3 aromatic carbocycles. The van der Waals surface area contributed by atoms with Crippen LogP contribution in [0.15, 0.2) is 78.9 Å². The summed E-state index contributed by atoms with van der Waals surface area (Å²) >= 11 is 6.05. The molecule has 9 heteroatoms. The van der Waals surface area contributed by atoms with Gasteiger partial charge in [0.1, 0.15) is 6.04 Å². The predicted molar refractivity (Wildman–Crippen MR) is 153 cm³/mol. The SMILES string of the molecule is CNC(=O)[C@H](Cc1ccccc1)N(Cc1ccc(Cl)cc1)C(=O)CCCN(c1ccc(C)cc1)S(C)(=O)=O. The van der Waals surface area contributed by atoms with Crippen molar-refractivity contribution in [2.75, 3.05) is 24.2 Å². The fraction of sp³-hybridized carbons (Fsp3) is 0.310. The van der Waals surface area contributed by atoms with E-state index < -0.39 is 16.1 Å². The van der Waals surface area contributed by atoms with E-state index in [9.17, 15) is 18.0 Å². The summed E-state index contributed by atoms with van der Waals surface area (Å²) in [5.41, 5.74) is 3.34. The molecule has 1 N–H and O–H groups in total. The van der Waals surface area contributed by atoms with E-state index in [1.807, 2.05) is 61.5 Å². The maximum absolute atomic E-state index is 13.6. The van der Waals surface area contributed by atoms with Gasteiger partial charge >= 0.3 is 0 Å². The van der Waals surface area contributed by atoms with Crippen LogP contribution in [0.2, 0.25) is 5.02 Å². The molecule has 0 fully saturated rings. The van der Waals surface area contributed by atoms with E-state index in [1.54, 1.807) is 36.2 Å². The number of benzene rings is 3. The lowest BCUT2D eigenvalue weighted by atomic mass is 10.0. The molecule has 3 aromatic rings. The Morgan fingerprint density at radius 2 is 1.55 bits per heavy atom. The van der Waals surface area contributed by atoms with Gasteiger partial charge < -0.3 is 10.2 Å². The van der Waals surface area contributed by atoms with Crippen molar-refractivity contribution in [3.8, 4) is 0 Å². The van der Waals surface area contributed by atoms with Gasteiger partial charge in [-0.3, -0.25) is 13.9 Å². The number of likely N-dealkylation sites (N-methyl/N-ethyl adjacent to an activating group) is 1. The maximum Gasteiger partial charge on any atom is 0.242 e. The third-order valence-electron chi connectivity index (χ3n) is 6.26. The summed E-state index contributed by atoms with van der Waals surface area (Å²) in [4.78, 5) is 28.2. The number of amides is 2. The quantitative estimate of drug-likeness (QED) is 0.354. The van der Waals surface area contributed by atoms with Gasteiger partial charge in [0.25, 0.3) is 0 Å². The Bertz CT molecular complexity index is 1310. The van der Waals surface area contributed by atoms with Crippen LogP contribution in [-0.4, -0.2) is 51.0 Å². The van der Waals surface area contributed by atoms with Crippen LogP contribution in [0.3, 0.4) is 0 Å². The number of anilines is 1. The smallest absolute Gasteiger partial charge is 0.242 e. The number of rotatable bonds is 12. The Morgan fingerprint density at radius 1 is 0.921 bits per heavy atom. The molecule has 3 rings (SSSR count). The number of nitrogens with one attached hydrogen (secondary N) is 1. The summed E-state index contributed by atoms with van der Waals surface area (Å²) in [6, 6.07) is 23.2. The number of carbonyl (C=O) groups is 2. The van der Waals surface area contributed by atoms with Crippen LogP contribution < -0.4 is 9.62 Å². The number of halogens is 1. The van der Waals surface area contributed by atoms with Crippen molar-refractivity contribution in [2.24, 2.45) is 0 Å². The van der Waals surface area contributed by atoms with Gasteiger partial charge in [0.15, 0.2) is 0 Å². The van der Waals surface area contributed by atoms with Crippen molar-refractivity contribution < 1.29 is 18.0 Å². The third kappa shape index (κ3) is 8.33. The fourth-order valence-corrected chi connectivity index (χ4v) is 5.31. The van der Waals surface area contributed by atoms with Crippen molar-refractivity contribution in [3.05, 3.63) is 101 Å². The van der Waals surface area contributed by atoms with E-state index in [0.717, 1.165) is 22.9 Å². The van der Waals surface area contributed by atoms with E-state index in [1.165, 1.54) is 4.31 Å². The summed E-state index contributed by atoms with van der Waals surface area (Å²) in [5, 5.41) is 3.27. The lowest BCUT2D eigenvalue weighted by molar-refractivity contribution is -0.141. The minimum absolute atomic E-state index is 0.0771. The molecule has 7 nitrogen and oxygen atoms in total. The van der Waals surface area contributed by atoms with Gasteiger partial charge in [0.2, 0.25) is 21.8 Å². The van der Waals surface area contributed by atoms with Crippen LogP contribution >= 0.6 is 11.6 Å². The molecular weight excluding hydrogens is 522 g/mol. The molecule has 0 aliphatic rings. The van der Waals surface area contributed by atoms with Crippen LogP contribution in [0.25, 0.3) is 0 Å². The molecule has 1 atom stereocenters. The first kappa shape index (κ1) is 29.2. The predicted octanol–water partition coefficient (Wildman–Crippen LogP) is 4.58. The van der Waals surface area contributed by atoms with Gasteiger partial charge in [-0.15, -0.1) is 0 Å². The molecule has 202 valence electrons. The van der Waals surface area contributed by atoms with Crippen molar-refractivity contribution >= 4 is 39.1 Å². The van der Waals surface area contributed by atoms with Crippen molar-refractivity contribution in [1.29, 1.82) is 0 Å². The highest BCUT2D eigenvalue weighted by molar-refractivity contribution is 7.92. The molecule has 0 aliphatic heterocycles. The van der Waals surface area contributed by atoms with Gasteiger partial charge in [-0.1, -0.05) is 71.8 Å². The van der Waals surface area contributed by atoms with Crippen molar-refractivity contribution in [1.82, 2.24) is 10.2 Å². The number of aryl methyl sites for hydroxylation is 1. The largest absolute Gasteiger partial charge is 0.357 e. The summed E-state index contributed by atoms with van der Waals surface area (Å²) in [6.45, 7) is 2.29. The van der Waals surface area contributed by atoms with E-state index in [4.69, 9.17) is 11.6 Å². The molecule has 0 unspecified atom stereocenters. The zero-order valence-corrected chi connectivity index (χ0v) is 23.5. The lowest BCUT2D eigenvalue weighted by Crippen LogP contribution is -2.49. The summed E-state index contributed by atoms with van der Waals surface area (Å²) in [7, 11) is -1.99. The molecule has 0 aliphatic carbocycles. The molecule has 0 saturated carbocycles. The summed E-state index contributed by atoms with van der Waals surface area (Å²) < 4.78 is 26.3. The Balaban J connectivity index is 1.83. The Kier molecular flexibility index (Phi) is 10.3. The molecular formula is C29H34ClN3O4S. The highest BCUT2D eigenvalue weighted by atomic mass is 35.5. The van der Waals surface area contributed by atoms with Gasteiger partial charge in [-0.05, 0) is 48.7 Å². The molecule has 2 amide bonds. The minimum atomic E-state index is -3.54. The number of sulfonamides is 1. The molecule has 0 aromatic heterocycles. The van der Waals surface area contributed by atoms with E-state index in [0.29, 0.717) is 23.6 Å². The summed E-state index contributed by atoms with van der Waals surface area (Å²) in [6.07, 6.45) is 1.87. The van der Waals surface area contributed by atoms with Crippen LogP contribution in [0.4, 0.5) is 5.69 Å². The molecule has 0 heterocycles. The average Bonchev–Trinajstić information content (AvgIpc) is 2.89. The van der Waals surface area contributed by atoms with Crippen molar-refractivity contribution in [2.45, 2.75) is 38.8 Å². The number of hydrogen-bond acceptors (Lipinski definition) is 4. The normalized spacial score (nSPS) is 12.0. The maximum atomic E-state index is 13.6. The third-order valence-corrected chi connectivity index (χ3v) is 7.70. The molecule has 0 radical (unpaired) electrons. The van der Waals surface area contributed by atoms with Gasteiger partial charge in [-0.25, -0.2) is 8.42 Å². The monoisotopic (exact) mass is 555 g/mol. The van der Waals surface area contributed by atoms with Crippen LogP contribution in [0.5, 0.6) is 0 Å². The summed E-state index contributed by atoms with van der Waals surface area (Å²) in [5.74, 6) is -0.504. The highest BCUT2D eigenvalue weighted by Gasteiger charge is 2.30. The first-order valence-corrected chi connectivity index (χ1v) is 14.6. The standard InChI is InChI=1S/C29H34ClN3O4S/c1-22-11-17-26(18-12-22)33(38(3,36)37)19-7-10-28(34)32(21-24-13-15-25(30)16-14-24)27(29(35)31-2)20-23-8-5-4-6-9-23/h4-6,8-9,11-18,27H,7,10,19-21H2,1-3H3,(H,31,35)/t27-/m0/s1. The van der Waals surface area contributed by atoms with Crippen molar-refractivity contribution in [3.63, 3.8) is 0 Å². The second-order valence-electron chi connectivity index (χ2n) is 9.24. The number of nitrogens with zero attached hydrogens (tertiary/aromatic N) is 2. The zero-order chi connectivity index (χ0) is 27.7. The average molecular weight is 556 g/mol. The Morgan fingerprint density at radius 3 is 2.13 bits per heavy atom. The molecule has 0 saturated heterocycles. The first-order chi connectivity index (χ1) is 18.1. The number of hydrogen-bond donors (Lipinski definition) is 1. The number of carbonyl (C=O) groups excluding carboxylic acids is 2. The van der Waals surface area contributed by atoms with Gasteiger partial charge in [0, 0.05) is 38.0 Å². The fourth-order valence-electron chi connectivity index (χ4n) is 4.22. The highest BCUT2D eigenvalue weighted by Crippen LogP contribution is 2.21. The molecule has 0 spiro atoms. The minimum Gasteiger partial charge on any atom is -0.357 e.